The molecule has 1 aromatic heterocycles. The van der Waals surface area contributed by atoms with Crippen LogP contribution in [0, 0.1) is 11.8 Å². The minimum Gasteiger partial charge on any atom is -0.381 e. The Balaban J connectivity index is 1.36. The minimum atomic E-state index is 0.0419. The van der Waals surface area contributed by atoms with E-state index in [1.807, 2.05) is 12.3 Å². The molecular weight excluding hydrogens is 338 g/mol. The van der Waals surface area contributed by atoms with Gasteiger partial charge >= 0.3 is 0 Å². The van der Waals surface area contributed by atoms with Crippen molar-refractivity contribution in [3.8, 4) is 0 Å². The summed E-state index contributed by atoms with van der Waals surface area (Å²) in [4.78, 5) is 22.1. The van der Waals surface area contributed by atoms with Gasteiger partial charge in [0.05, 0.1) is 12.5 Å². The van der Waals surface area contributed by atoms with Crippen molar-refractivity contribution in [2.45, 2.75) is 57.5 Å². The molecule has 1 aliphatic carbocycles. The first-order valence-corrected chi connectivity index (χ1v) is 10.8. The van der Waals surface area contributed by atoms with Crippen LogP contribution in [0.15, 0.2) is 24.5 Å². The van der Waals surface area contributed by atoms with Gasteiger partial charge in [-0.1, -0.05) is 18.9 Å². The fourth-order valence-electron chi connectivity index (χ4n) is 5.01. The molecule has 0 N–H and O–H groups in total. The third kappa shape index (κ3) is 4.88. The van der Waals surface area contributed by atoms with Crippen LogP contribution < -0.4 is 0 Å². The molecule has 5 heteroatoms. The van der Waals surface area contributed by atoms with Gasteiger partial charge in [-0.05, 0) is 62.7 Å². The lowest BCUT2D eigenvalue weighted by Gasteiger charge is -2.38. The van der Waals surface area contributed by atoms with Crippen LogP contribution in [0.5, 0.6) is 0 Å². The predicted octanol–water partition coefficient (Wildman–Crippen LogP) is 3.10. The van der Waals surface area contributed by atoms with E-state index in [2.05, 4.69) is 20.9 Å². The SMILES string of the molecule is O=C([C@@H]1CCOC1)N(Cc1cccnc1)CC1CCN(C2CCCC2)CC1. The van der Waals surface area contributed by atoms with Crippen LogP contribution in [0.4, 0.5) is 0 Å². The number of aromatic nitrogens is 1. The number of likely N-dealkylation sites (tertiary alicyclic amines) is 1. The van der Waals surface area contributed by atoms with Gasteiger partial charge in [0.15, 0.2) is 0 Å². The van der Waals surface area contributed by atoms with Crippen LogP contribution in [0.3, 0.4) is 0 Å². The van der Waals surface area contributed by atoms with Gasteiger partial charge in [0, 0.05) is 38.1 Å². The van der Waals surface area contributed by atoms with Gasteiger partial charge in [0.1, 0.15) is 0 Å². The van der Waals surface area contributed by atoms with Crippen molar-refractivity contribution < 1.29 is 9.53 Å². The van der Waals surface area contributed by atoms with E-state index in [-0.39, 0.29) is 11.8 Å². The highest BCUT2D eigenvalue weighted by atomic mass is 16.5. The van der Waals surface area contributed by atoms with Crippen LogP contribution in [-0.4, -0.2) is 59.6 Å². The Morgan fingerprint density at radius 2 is 2.00 bits per heavy atom. The standard InChI is InChI=1S/C22H33N3O2/c26-22(20-9-13-27-17-20)25(16-19-4-3-10-23-14-19)15-18-7-11-24(12-8-18)21-5-1-2-6-21/h3-4,10,14,18,20-21H,1-2,5-9,11-13,15-17H2/t20-/m1/s1. The highest BCUT2D eigenvalue weighted by Crippen LogP contribution is 2.29. The molecule has 2 aliphatic heterocycles. The van der Waals surface area contributed by atoms with Gasteiger partial charge in [-0.25, -0.2) is 0 Å². The van der Waals surface area contributed by atoms with E-state index in [1.54, 1.807) is 6.20 Å². The van der Waals surface area contributed by atoms with Crippen molar-refractivity contribution in [1.82, 2.24) is 14.8 Å². The average Bonchev–Trinajstić information content (AvgIpc) is 3.42. The maximum Gasteiger partial charge on any atom is 0.228 e. The number of rotatable bonds is 6. The van der Waals surface area contributed by atoms with Gasteiger partial charge < -0.3 is 14.5 Å². The summed E-state index contributed by atoms with van der Waals surface area (Å²) in [6.45, 7) is 5.27. The van der Waals surface area contributed by atoms with Crippen LogP contribution >= 0.6 is 0 Å². The van der Waals surface area contributed by atoms with Crippen LogP contribution in [0.25, 0.3) is 0 Å². The van der Waals surface area contributed by atoms with Gasteiger partial charge in [-0.2, -0.15) is 0 Å². The summed E-state index contributed by atoms with van der Waals surface area (Å²) < 4.78 is 5.47. The first-order valence-electron chi connectivity index (χ1n) is 10.8. The third-order valence-corrected chi connectivity index (χ3v) is 6.66. The summed E-state index contributed by atoms with van der Waals surface area (Å²) in [6, 6.07) is 4.85. The van der Waals surface area contributed by atoms with E-state index in [9.17, 15) is 4.79 Å². The first-order chi connectivity index (χ1) is 13.3. The molecule has 0 spiro atoms. The quantitative estimate of drug-likeness (QED) is 0.771. The number of pyridine rings is 1. The number of nitrogens with zero attached hydrogens (tertiary/aromatic N) is 3. The average molecular weight is 372 g/mol. The van der Waals surface area contributed by atoms with Gasteiger partial charge in [0.2, 0.25) is 5.91 Å². The number of hydrogen-bond donors (Lipinski definition) is 0. The highest BCUT2D eigenvalue weighted by Gasteiger charge is 2.32. The summed E-state index contributed by atoms with van der Waals surface area (Å²) in [7, 11) is 0. The van der Waals surface area contributed by atoms with Crippen molar-refractivity contribution >= 4 is 5.91 Å². The monoisotopic (exact) mass is 371 g/mol. The molecule has 27 heavy (non-hydrogen) atoms. The zero-order valence-electron chi connectivity index (χ0n) is 16.4. The Morgan fingerprint density at radius 3 is 2.67 bits per heavy atom. The van der Waals surface area contributed by atoms with Gasteiger partial charge in [-0.15, -0.1) is 0 Å². The Hall–Kier alpha value is -1.46. The van der Waals surface area contributed by atoms with Gasteiger partial charge in [0.25, 0.3) is 0 Å². The molecule has 1 atom stereocenters. The second-order valence-electron chi connectivity index (χ2n) is 8.56. The molecule has 0 radical (unpaired) electrons. The lowest BCUT2D eigenvalue weighted by molar-refractivity contribution is -0.137. The second-order valence-corrected chi connectivity index (χ2v) is 8.56. The maximum absolute atomic E-state index is 13.1. The molecular formula is C22H33N3O2. The zero-order chi connectivity index (χ0) is 18.5. The van der Waals surface area contributed by atoms with Crippen molar-refractivity contribution in [2.24, 2.45) is 11.8 Å². The van der Waals surface area contributed by atoms with Crippen LogP contribution in [0.2, 0.25) is 0 Å². The minimum absolute atomic E-state index is 0.0419. The zero-order valence-corrected chi connectivity index (χ0v) is 16.4. The Morgan fingerprint density at radius 1 is 1.19 bits per heavy atom. The van der Waals surface area contributed by atoms with Crippen molar-refractivity contribution in [3.63, 3.8) is 0 Å². The van der Waals surface area contributed by atoms with Crippen molar-refractivity contribution in [3.05, 3.63) is 30.1 Å². The predicted molar refractivity (Wildman–Crippen MR) is 105 cm³/mol. The van der Waals surface area contributed by atoms with E-state index in [4.69, 9.17) is 4.74 Å². The molecule has 5 nitrogen and oxygen atoms in total. The fourth-order valence-corrected chi connectivity index (χ4v) is 5.01. The summed E-state index contributed by atoms with van der Waals surface area (Å²) >= 11 is 0. The highest BCUT2D eigenvalue weighted by molar-refractivity contribution is 5.79. The van der Waals surface area contributed by atoms with Crippen molar-refractivity contribution in [2.75, 3.05) is 32.8 Å². The Kier molecular flexibility index (Phi) is 6.40. The van der Waals surface area contributed by atoms with E-state index in [0.717, 1.165) is 31.2 Å². The number of ether oxygens (including phenoxy) is 1. The Labute approximate surface area is 163 Å². The number of hydrogen-bond acceptors (Lipinski definition) is 4. The number of amides is 1. The second kappa shape index (κ2) is 9.16. The molecule has 148 valence electrons. The van der Waals surface area contributed by atoms with E-state index < -0.39 is 0 Å². The first kappa shape index (κ1) is 18.9. The van der Waals surface area contributed by atoms with E-state index >= 15 is 0 Å². The summed E-state index contributed by atoms with van der Waals surface area (Å²) in [5, 5.41) is 0. The lowest BCUT2D eigenvalue weighted by Crippen LogP contribution is -2.45. The maximum atomic E-state index is 13.1. The molecule has 4 rings (SSSR count). The summed E-state index contributed by atoms with van der Waals surface area (Å²) in [6.07, 6.45) is 12.6. The van der Waals surface area contributed by atoms with Crippen LogP contribution in [0.1, 0.15) is 50.5 Å². The molecule has 3 fully saturated rings. The fraction of sp³-hybridized carbons (Fsp3) is 0.727. The number of carbonyl (C=O) groups is 1. The third-order valence-electron chi connectivity index (χ3n) is 6.66. The van der Waals surface area contributed by atoms with Crippen LogP contribution in [-0.2, 0) is 16.1 Å². The van der Waals surface area contributed by atoms with E-state index in [0.29, 0.717) is 19.1 Å². The largest absolute Gasteiger partial charge is 0.381 e. The topological polar surface area (TPSA) is 45.7 Å². The van der Waals surface area contributed by atoms with E-state index in [1.165, 1.54) is 51.6 Å². The van der Waals surface area contributed by atoms with Crippen molar-refractivity contribution in [1.29, 1.82) is 0 Å². The van der Waals surface area contributed by atoms with Gasteiger partial charge in [-0.3, -0.25) is 9.78 Å². The molecule has 3 aliphatic rings. The molecule has 2 saturated heterocycles. The molecule has 1 saturated carbocycles. The lowest BCUT2D eigenvalue weighted by atomic mass is 9.94. The number of piperidine rings is 1. The molecule has 0 unspecified atom stereocenters. The molecule has 0 bridgehead atoms. The number of carbonyl (C=O) groups excluding carboxylic acids is 1. The summed E-state index contributed by atoms with van der Waals surface area (Å²) in [5.41, 5.74) is 1.12. The molecule has 1 aromatic rings. The summed E-state index contributed by atoms with van der Waals surface area (Å²) in [5.74, 6) is 0.931. The molecule has 0 aromatic carbocycles. The molecule has 1 amide bonds. The normalized spacial score (nSPS) is 25.1. The Bertz CT molecular complexity index is 589. The molecule has 3 heterocycles. The smallest absolute Gasteiger partial charge is 0.228 e.